The minimum absolute atomic E-state index is 0.0142. The number of rotatable bonds is 2. The zero-order valence-electron chi connectivity index (χ0n) is 17.3. The normalized spacial score (nSPS) is 23.0. The van der Waals surface area contributed by atoms with Crippen LogP contribution in [-0.2, 0) is 6.42 Å². The zero-order chi connectivity index (χ0) is 20.6. The minimum atomic E-state index is -0.381. The molecule has 0 saturated carbocycles. The van der Waals surface area contributed by atoms with Crippen molar-refractivity contribution < 1.29 is 9.90 Å². The van der Waals surface area contributed by atoms with Crippen LogP contribution < -0.4 is 10.2 Å². The Bertz CT molecular complexity index is 911. The Kier molecular flexibility index (Phi) is 5.06. The fraction of sp³-hybridized carbons (Fsp3) is 0.522. The Hall–Kier alpha value is -2.67. The van der Waals surface area contributed by atoms with E-state index in [1.807, 2.05) is 17.0 Å². The standard InChI is InChI=1S/C23H29N5O2/c29-18-13-23(16-28(15-18)20-14-24-9-10-25-20)6-11-27(12-7-23)22(30)19-5-1-3-17-4-2-8-26-21(17)19/h1,3,5,9-10,14,18,26,29H,2,4,6-8,11-13,15-16H2. The maximum atomic E-state index is 13.3. The fourth-order valence-electron chi connectivity index (χ4n) is 5.39. The van der Waals surface area contributed by atoms with E-state index in [0.29, 0.717) is 6.54 Å². The number of piperidine rings is 2. The lowest BCUT2D eigenvalue weighted by molar-refractivity contribution is 0.0247. The van der Waals surface area contributed by atoms with Gasteiger partial charge in [0, 0.05) is 45.1 Å². The van der Waals surface area contributed by atoms with Crippen molar-refractivity contribution in [1.29, 1.82) is 0 Å². The van der Waals surface area contributed by atoms with Crippen molar-refractivity contribution in [2.75, 3.05) is 42.9 Å². The minimum Gasteiger partial charge on any atom is -0.391 e. The van der Waals surface area contributed by atoms with Crippen molar-refractivity contribution in [2.45, 2.75) is 38.2 Å². The summed E-state index contributed by atoms with van der Waals surface area (Å²) in [6, 6.07) is 6.07. The third kappa shape index (κ3) is 3.62. The van der Waals surface area contributed by atoms with Gasteiger partial charge >= 0.3 is 0 Å². The lowest BCUT2D eigenvalue weighted by Gasteiger charge is -2.49. The number of likely N-dealkylation sites (tertiary alicyclic amines) is 1. The van der Waals surface area contributed by atoms with Gasteiger partial charge in [-0.2, -0.15) is 0 Å². The van der Waals surface area contributed by atoms with Gasteiger partial charge in [-0.15, -0.1) is 0 Å². The van der Waals surface area contributed by atoms with Gasteiger partial charge in [0.1, 0.15) is 5.82 Å². The number of hydrogen-bond donors (Lipinski definition) is 2. The van der Waals surface area contributed by atoms with Gasteiger partial charge in [0.25, 0.3) is 5.91 Å². The smallest absolute Gasteiger partial charge is 0.255 e. The van der Waals surface area contributed by atoms with Gasteiger partial charge in [-0.05, 0) is 49.1 Å². The van der Waals surface area contributed by atoms with E-state index in [1.54, 1.807) is 18.6 Å². The molecule has 1 spiro atoms. The van der Waals surface area contributed by atoms with Crippen LogP contribution in [0.3, 0.4) is 0 Å². The van der Waals surface area contributed by atoms with Gasteiger partial charge in [0.2, 0.25) is 0 Å². The molecule has 158 valence electrons. The number of aliphatic hydroxyl groups excluding tert-OH is 1. The van der Waals surface area contributed by atoms with E-state index in [-0.39, 0.29) is 17.4 Å². The zero-order valence-corrected chi connectivity index (χ0v) is 17.3. The quantitative estimate of drug-likeness (QED) is 0.795. The SMILES string of the molecule is O=C(c1cccc2c1NCCC2)N1CCC2(CC1)CC(O)CN(c1cnccn1)C2. The molecular formula is C23H29N5O2. The Morgan fingerprint density at radius 1 is 1.23 bits per heavy atom. The number of aromatic nitrogens is 2. The molecule has 1 amide bonds. The average Bonchev–Trinajstić information content (AvgIpc) is 2.79. The summed E-state index contributed by atoms with van der Waals surface area (Å²) < 4.78 is 0. The first-order valence-electron chi connectivity index (χ1n) is 11.0. The van der Waals surface area contributed by atoms with E-state index in [9.17, 15) is 9.90 Å². The third-order valence-electron chi connectivity index (χ3n) is 6.92. The van der Waals surface area contributed by atoms with Crippen LogP contribution in [0.25, 0.3) is 0 Å². The molecule has 7 nitrogen and oxygen atoms in total. The largest absolute Gasteiger partial charge is 0.391 e. The Morgan fingerprint density at radius 3 is 2.90 bits per heavy atom. The molecule has 0 radical (unpaired) electrons. The maximum Gasteiger partial charge on any atom is 0.255 e. The van der Waals surface area contributed by atoms with Crippen molar-refractivity contribution >= 4 is 17.4 Å². The topological polar surface area (TPSA) is 81.6 Å². The average molecular weight is 408 g/mol. The summed E-state index contributed by atoms with van der Waals surface area (Å²) in [6.07, 6.45) is 9.46. The number of carbonyl (C=O) groups is 1. The molecule has 1 aromatic carbocycles. The van der Waals surface area contributed by atoms with Crippen LogP contribution in [0.15, 0.2) is 36.8 Å². The number of nitrogens with zero attached hydrogens (tertiary/aromatic N) is 4. The van der Waals surface area contributed by atoms with Gasteiger partial charge in [-0.3, -0.25) is 9.78 Å². The number of amides is 1. The summed E-state index contributed by atoms with van der Waals surface area (Å²) in [7, 11) is 0. The lowest BCUT2D eigenvalue weighted by Crippen LogP contribution is -2.54. The van der Waals surface area contributed by atoms with Crippen molar-refractivity contribution in [1.82, 2.24) is 14.9 Å². The second kappa shape index (κ2) is 7.87. The van der Waals surface area contributed by atoms with Crippen LogP contribution in [-0.4, -0.2) is 64.7 Å². The number of hydrogen-bond acceptors (Lipinski definition) is 6. The molecule has 2 fully saturated rings. The molecular weight excluding hydrogens is 378 g/mol. The van der Waals surface area contributed by atoms with Gasteiger partial charge in [0.05, 0.1) is 23.6 Å². The highest BCUT2D eigenvalue weighted by molar-refractivity contribution is 6.00. The number of carbonyl (C=O) groups excluding carboxylic acids is 1. The molecule has 0 aliphatic carbocycles. The number of aryl methyl sites for hydroxylation is 1. The molecule has 1 unspecified atom stereocenters. The van der Waals surface area contributed by atoms with Crippen molar-refractivity contribution in [3.8, 4) is 0 Å². The second-order valence-electron chi connectivity index (χ2n) is 8.96. The molecule has 2 aromatic rings. The van der Waals surface area contributed by atoms with Gasteiger partial charge in [-0.25, -0.2) is 4.98 Å². The molecule has 5 rings (SSSR count). The Balaban J connectivity index is 1.30. The second-order valence-corrected chi connectivity index (χ2v) is 8.96. The van der Waals surface area contributed by atoms with Crippen LogP contribution in [0.1, 0.15) is 41.6 Å². The number of anilines is 2. The molecule has 7 heteroatoms. The number of β-amino-alcohol motifs (C(OH)–C–C–N with tert-alkyl or cyclic N) is 1. The predicted molar refractivity (Wildman–Crippen MR) is 116 cm³/mol. The summed E-state index contributed by atoms with van der Waals surface area (Å²) in [5.41, 5.74) is 3.08. The fourth-order valence-corrected chi connectivity index (χ4v) is 5.39. The highest BCUT2D eigenvalue weighted by Crippen LogP contribution is 2.41. The molecule has 30 heavy (non-hydrogen) atoms. The number of aliphatic hydroxyl groups is 1. The molecule has 3 aliphatic rings. The lowest BCUT2D eigenvalue weighted by atomic mass is 9.71. The number of para-hydroxylation sites is 1. The first-order valence-corrected chi connectivity index (χ1v) is 11.0. The van der Waals surface area contributed by atoms with E-state index in [4.69, 9.17) is 0 Å². The van der Waals surface area contributed by atoms with Crippen LogP contribution in [0.2, 0.25) is 0 Å². The Labute approximate surface area is 177 Å². The monoisotopic (exact) mass is 407 g/mol. The third-order valence-corrected chi connectivity index (χ3v) is 6.92. The summed E-state index contributed by atoms with van der Waals surface area (Å²) in [5, 5.41) is 14.0. The summed E-state index contributed by atoms with van der Waals surface area (Å²) in [5.74, 6) is 0.939. The van der Waals surface area contributed by atoms with Gasteiger partial charge < -0.3 is 20.2 Å². The first-order chi connectivity index (χ1) is 14.6. The summed E-state index contributed by atoms with van der Waals surface area (Å²) in [4.78, 5) is 26.0. The van der Waals surface area contributed by atoms with E-state index in [1.165, 1.54) is 5.56 Å². The van der Waals surface area contributed by atoms with Crippen molar-refractivity contribution in [3.05, 3.63) is 47.9 Å². The van der Waals surface area contributed by atoms with Gasteiger partial charge in [0.15, 0.2) is 0 Å². The van der Waals surface area contributed by atoms with Crippen molar-refractivity contribution in [2.24, 2.45) is 5.41 Å². The Morgan fingerprint density at radius 2 is 2.10 bits per heavy atom. The number of fused-ring (bicyclic) bond motifs is 1. The van der Waals surface area contributed by atoms with Crippen LogP contribution in [0.5, 0.6) is 0 Å². The number of nitrogens with one attached hydrogen (secondary N) is 1. The molecule has 4 heterocycles. The van der Waals surface area contributed by atoms with Crippen LogP contribution >= 0.6 is 0 Å². The van der Waals surface area contributed by atoms with E-state index in [0.717, 1.165) is 75.4 Å². The molecule has 3 aliphatic heterocycles. The van der Waals surface area contributed by atoms with E-state index >= 15 is 0 Å². The highest BCUT2D eigenvalue weighted by atomic mass is 16.3. The summed E-state index contributed by atoms with van der Waals surface area (Å²) in [6.45, 7) is 3.82. The molecule has 1 atom stereocenters. The van der Waals surface area contributed by atoms with Crippen LogP contribution in [0.4, 0.5) is 11.5 Å². The molecule has 2 N–H and O–H groups in total. The predicted octanol–water partition coefficient (Wildman–Crippen LogP) is 2.33. The highest BCUT2D eigenvalue weighted by Gasteiger charge is 2.43. The summed E-state index contributed by atoms with van der Waals surface area (Å²) >= 11 is 0. The van der Waals surface area contributed by atoms with E-state index in [2.05, 4.69) is 26.3 Å². The van der Waals surface area contributed by atoms with E-state index < -0.39 is 0 Å². The van der Waals surface area contributed by atoms with Crippen molar-refractivity contribution in [3.63, 3.8) is 0 Å². The van der Waals surface area contributed by atoms with Gasteiger partial charge in [-0.1, -0.05) is 12.1 Å². The first kappa shape index (κ1) is 19.3. The maximum absolute atomic E-state index is 13.3. The molecule has 2 saturated heterocycles. The molecule has 1 aromatic heterocycles. The molecule has 0 bridgehead atoms. The van der Waals surface area contributed by atoms with Crippen LogP contribution in [0, 0.1) is 5.41 Å². The number of benzene rings is 1.